The molecule has 1 fully saturated rings. The van der Waals surface area contributed by atoms with Crippen LogP contribution < -0.4 is 5.32 Å². The molecule has 1 aliphatic heterocycles. The van der Waals surface area contributed by atoms with Crippen molar-refractivity contribution in [3.8, 4) is 11.1 Å². The van der Waals surface area contributed by atoms with Crippen LogP contribution in [0, 0.1) is 5.92 Å². The van der Waals surface area contributed by atoms with Gasteiger partial charge in [-0.15, -0.1) is 0 Å². The van der Waals surface area contributed by atoms with E-state index in [0.717, 1.165) is 23.1 Å². The number of hydrogen-bond donors (Lipinski definition) is 1. The fourth-order valence-electron chi connectivity index (χ4n) is 6.60. The highest BCUT2D eigenvalue weighted by molar-refractivity contribution is 5.86. The van der Waals surface area contributed by atoms with Crippen molar-refractivity contribution in [1.29, 1.82) is 0 Å². The number of rotatable bonds is 10. The smallest absolute Gasteiger partial charge is 0.410 e. The predicted octanol–water partition coefficient (Wildman–Crippen LogP) is 6.12. The minimum Gasteiger partial charge on any atom is -0.458 e. The third-order valence-electron chi connectivity index (χ3n) is 8.72. The number of likely N-dealkylation sites (tertiary alicyclic amines) is 1. The summed E-state index contributed by atoms with van der Waals surface area (Å²) < 4.78 is 17.5. The van der Waals surface area contributed by atoms with Crippen LogP contribution in [0.25, 0.3) is 11.1 Å². The second-order valence-corrected chi connectivity index (χ2v) is 13.0. The van der Waals surface area contributed by atoms with Crippen LogP contribution in [0.1, 0.15) is 63.1 Å². The predicted molar refractivity (Wildman–Crippen MR) is 173 cm³/mol. The summed E-state index contributed by atoms with van der Waals surface area (Å²) in [6, 6.07) is 24.8. The van der Waals surface area contributed by atoms with E-state index >= 15 is 0 Å². The van der Waals surface area contributed by atoms with Crippen LogP contribution in [-0.4, -0.2) is 66.9 Å². The maximum absolute atomic E-state index is 13.6. The SMILES string of the molecule is CO[C@H]([C@@H](C)C(=O)NC(Cc1ccccc1)C(=O)OC(C)(C)C)[C@@H]1CCCN1C(=O)OCC1c2ccccc2-c2ccccc21. The first-order valence-corrected chi connectivity index (χ1v) is 15.8. The third kappa shape index (κ3) is 7.39. The fourth-order valence-corrected chi connectivity index (χ4v) is 6.60. The number of amides is 2. The number of hydrogen-bond acceptors (Lipinski definition) is 6. The highest BCUT2D eigenvalue weighted by atomic mass is 16.6. The van der Waals surface area contributed by atoms with Gasteiger partial charge < -0.3 is 24.4 Å². The van der Waals surface area contributed by atoms with Crippen molar-refractivity contribution >= 4 is 18.0 Å². The number of nitrogens with zero attached hydrogens (tertiary/aromatic N) is 1. The van der Waals surface area contributed by atoms with Crippen molar-refractivity contribution in [3.63, 3.8) is 0 Å². The maximum atomic E-state index is 13.6. The monoisotopic (exact) mass is 612 g/mol. The normalized spacial score (nSPS) is 18.0. The summed E-state index contributed by atoms with van der Waals surface area (Å²) in [5, 5.41) is 2.92. The Balaban J connectivity index is 1.26. The summed E-state index contributed by atoms with van der Waals surface area (Å²) in [6.07, 6.45) is 0.743. The average Bonchev–Trinajstić information content (AvgIpc) is 3.63. The first kappa shape index (κ1) is 32.2. The summed E-state index contributed by atoms with van der Waals surface area (Å²) in [4.78, 5) is 42.0. The van der Waals surface area contributed by atoms with Gasteiger partial charge >= 0.3 is 12.1 Å². The number of methoxy groups -OCH3 is 1. The van der Waals surface area contributed by atoms with Gasteiger partial charge in [0.05, 0.1) is 18.1 Å². The Morgan fingerprint density at radius 1 is 0.911 bits per heavy atom. The molecule has 2 aliphatic rings. The van der Waals surface area contributed by atoms with E-state index in [4.69, 9.17) is 14.2 Å². The lowest BCUT2D eigenvalue weighted by molar-refractivity contribution is -0.159. The van der Waals surface area contributed by atoms with Crippen molar-refractivity contribution in [3.05, 3.63) is 95.6 Å². The molecule has 45 heavy (non-hydrogen) atoms. The molecule has 0 aromatic heterocycles. The molecule has 5 rings (SSSR count). The second kappa shape index (κ2) is 13.9. The molecular formula is C37H44N2O6. The van der Waals surface area contributed by atoms with Crippen LogP contribution in [0.2, 0.25) is 0 Å². The lowest BCUT2D eigenvalue weighted by atomic mass is 9.94. The lowest BCUT2D eigenvalue weighted by Crippen LogP contribution is -2.53. The topological polar surface area (TPSA) is 94.2 Å². The Kier molecular flexibility index (Phi) is 9.93. The van der Waals surface area contributed by atoms with E-state index in [2.05, 4.69) is 29.6 Å². The quantitative estimate of drug-likeness (QED) is 0.277. The van der Waals surface area contributed by atoms with Crippen LogP contribution in [-0.2, 0) is 30.2 Å². The van der Waals surface area contributed by atoms with Crippen molar-refractivity contribution in [2.45, 2.75) is 76.7 Å². The number of carbonyl (C=O) groups excluding carboxylic acids is 3. The molecule has 0 spiro atoms. The van der Waals surface area contributed by atoms with Crippen LogP contribution in [0.3, 0.4) is 0 Å². The number of benzene rings is 3. The minimum atomic E-state index is -0.874. The summed E-state index contributed by atoms with van der Waals surface area (Å²) >= 11 is 0. The summed E-state index contributed by atoms with van der Waals surface area (Å²) in [7, 11) is 1.55. The first-order chi connectivity index (χ1) is 21.6. The zero-order valence-corrected chi connectivity index (χ0v) is 26.8. The van der Waals surface area contributed by atoms with E-state index in [1.54, 1.807) is 39.7 Å². The van der Waals surface area contributed by atoms with Crippen molar-refractivity contribution in [2.75, 3.05) is 20.3 Å². The van der Waals surface area contributed by atoms with Gasteiger partial charge in [-0.05, 0) is 61.4 Å². The molecule has 3 aromatic carbocycles. The second-order valence-electron chi connectivity index (χ2n) is 13.0. The van der Waals surface area contributed by atoms with Gasteiger partial charge in [0.1, 0.15) is 18.2 Å². The van der Waals surface area contributed by atoms with Crippen LogP contribution in [0.4, 0.5) is 4.79 Å². The van der Waals surface area contributed by atoms with Gasteiger partial charge in [0, 0.05) is 26.0 Å². The lowest BCUT2D eigenvalue weighted by Gasteiger charge is -2.34. The van der Waals surface area contributed by atoms with E-state index in [-0.39, 0.29) is 24.5 Å². The molecule has 0 bridgehead atoms. The number of carbonyl (C=O) groups is 3. The van der Waals surface area contributed by atoms with E-state index in [0.29, 0.717) is 19.4 Å². The molecule has 3 aromatic rings. The Hall–Kier alpha value is -4.17. The van der Waals surface area contributed by atoms with Crippen LogP contribution in [0.5, 0.6) is 0 Å². The highest BCUT2D eigenvalue weighted by Gasteiger charge is 2.42. The standard InChI is InChI=1S/C37H44N2O6/c1-24(34(40)38-31(35(41)45-37(2,3)4)22-25-14-7-6-8-15-25)33(43-5)32-20-13-21-39(32)36(42)44-23-30-28-18-11-9-16-26(28)27-17-10-12-19-29(27)30/h6-12,14-19,24,30-33H,13,20-23H2,1-5H3,(H,38,40)/t24-,31?,32+,33-/m1/s1. The van der Waals surface area contributed by atoms with E-state index < -0.39 is 35.7 Å². The Labute approximate surface area is 266 Å². The number of nitrogens with one attached hydrogen (secondary N) is 1. The van der Waals surface area contributed by atoms with Gasteiger partial charge in [0.25, 0.3) is 0 Å². The molecule has 1 N–H and O–H groups in total. The van der Waals surface area contributed by atoms with Gasteiger partial charge in [-0.2, -0.15) is 0 Å². The first-order valence-electron chi connectivity index (χ1n) is 15.8. The van der Waals surface area contributed by atoms with Gasteiger partial charge in [0.15, 0.2) is 0 Å². The van der Waals surface area contributed by atoms with Crippen molar-refractivity contribution in [1.82, 2.24) is 10.2 Å². The molecule has 1 unspecified atom stereocenters. The van der Waals surface area contributed by atoms with Gasteiger partial charge in [-0.3, -0.25) is 4.79 Å². The minimum absolute atomic E-state index is 0.0419. The Bertz CT molecular complexity index is 1450. The molecule has 0 saturated carbocycles. The maximum Gasteiger partial charge on any atom is 0.410 e. The molecule has 1 saturated heterocycles. The molecule has 8 heteroatoms. The summed E-state index contributed by atoms with van der Waals surface area (Å²) in [5.74, 6) is -1.53. The zero-order valence-electron chi connectivity index (χ0n) is 26.8. The highest BCUT2D eigenvalue weighted by Crippen LogP contribution is 2.44. The number of ether oxygens (including phenoxy) is 3. The van der Waals surface area contributed by atoms with Gasteiger partial charge in [-0.1, -0.05) is 85.8 Å². The Morgan fingerprint density at radius 2 is 1.51 bits per heavy atom. The van der Waals surface area contributed by atoms with Crippen LogP contribution >= 0.6 is 0 Å². The Morgan fingerprint density at radius 3 is 2.11 bits per heavy atom. The molecular weight excluding hydrogens is 568 g/mol. The van der Waals surface area contributed by atoms with E-state index in [1.165, 1.54) is 11.1 Å². The van der Waals surface area contributed by atoms with Crippen LogP contribution in [0.15, 0.2) is 78.9 Å². The molecule has 1 aliphatic carbocycles. The van der Waals surface area contributed by atoms with Crippen molar-refractivity contribution < 1.29 is 28.6 Å². The summed E-state index contributed by atoms with van der Waals surface area (Å²) in [5.41, 5.74) is 4.85. The largest absolute Gasteiger partial charge is 0.458 e. The molecule has 2 amide bonds. The van der Waals surface area contributed by atoms with Gasteiger partial charge in [-0.25, -0.2) is 9.59 Å². The molecule has 238 valence electrons. The molecule has 1 heterocycles. The molecule has 0 radical (unpaired) electrons. The number of fused-ring (bicyclic) bond motifs is 3. The van der Waals surface area contributed by atoms with E-state index in [1.807, 2.05) is 54.6 Å². The van der Waals surface area contributed by atoms with Crippen molar-refractivity contribution in [2.24, 2.45) is 5.92 Å². The zero-order chi connectivity index (χ0) is 32.1. The molecule has 4 atom stereocenters. The summed E-state index contributed by atoms with van der Waals surface area (Å²) in [6.45, 7) is 7.91. The fraction of sp³-hybridized carbons (Fsp3) is 0.432. The van der Waals surface area contributed by atoms with Gasteiger partial charge in [0.2, 0.25) is 5.91 Å². The number of esters is 1. The molecule has 8 nitrogen and oxygen atoms in total. The average molecular weight is 613 g/mol. The van der Waals surface area contributed by atoms with E-state index in [9.17, 15) is 14.4 Å². The third-order valence-corrected chi connectivity index (χ3v) is 8.72.